The molecule has 0 aromatic rings. The summed E-state index contributed by atoms with van der Waals surface area (Å²) in [6.45, 7) is 8.90. The van der Waals surface area contributed by atoms with E-state index in [0.717, 1.165) is 12.8 Å². The van der Waals surface area contributed by atoms with E-state index >= 15 is 0 Å². The van der Waals surface area contributed by atoms with Crippen LogP contribution in [0.1, 0.15) is 40.5 Å². The van der Waals surface area contributed by atoms with Gasteiger partial charge in [-0.3, -0.25) is 4.79 Å². The Morgan fingerprint density at radius 3 is 2.40 bits per heavy atom. The Bertz CT molecular complexity index is 232. The lowest BCUT2D eigenvalue weighted by Gasteiger charge is -2.26. The van der Waals surface area contributed by atoms with Crippen molar-refractivity contribution in [1.82, 2.24) is 0 Å². The average molecular weight is 213 g/mol. The number of esters is 1. The van der Waals surface area contributed by atoms with Crippen LogP contribution in [0.2, 0.25) is 0 Å². The van der Waals surface area contributed by atoms with E-state index in [4.69, 9.17) is 10.5 Å². The first-order chi connectivity index (χ1) is 6.86. The first-order valence-electron chi connectivity index (χ1n) is 5.78. The van der Waals surface area contributed by atoms with Gasteiger partial charge < -0.3 is 10.5 Å². The minimum absolute atomic E-state index is 0.0201. The predicted molar refractivity (Wildman–Crippen MR) is 60.3 cm³/mol. The number of nitrogens with two attached hydrogens (primary N) is 1. The lowest BCUT2D eigenvalue weighted by molar-refractivity contribution is -0.148. The highest BCUT2D eigenvalue weighted by Crippen LogP contribution is 2.41. The largest absolute Gasteiger partial charge is 0.466 e. The van der Waals surface area contributed by atoms with Crippen molar-refractivity contribution in [1.29, 1.82) is 0 Å². The van der Waals surface area contributed by atoms with Gasteiger partial charge in [0.1, 0.15) is 0 Å². The highest BCUT2D eigenvalue weighted by atomic mass is 16.5. The maximum Gasteiger partial charge on any atom is 0.310 e. The fourth-order valence-electron chi connectivity index (χ4n) is 2.30. The molecule has 0 aromatic heterocycles. The second-order valence-corrected chi connectivity index (χ2v) is 5.56. The first-order valence-corrected chi connectivity index (χ1v) is 5.78. The van der Waals surface area contributed by atoms with Crippen LogP contribution in [-0.2, 0) is 9.53 Å². The topological polar surface area (TPSA) is 52.3 Å². The van der Waals surface area contributed by atoms with Gasteiger partial charge in [0.05, 0.1) is 12.5 Å². The molecule has 1 saturated carbocycles. The van der Waals surface area contributed by atoms with Crippen LogP contribution in [0.5, 0.6) is 0 Å². The molecule has 0 spiro atoms. The minimum atomic E-state index is -0.114. The Morgan fingerprint density at radius 1 is 1.40 bits per heavy atom. The molecule has 1 rings (SSSR count). The fraction of sp³-hybridized carbons (Fsp3) is 0.917. The smallest absolute Gasteiger partial charge is 0.310 e. The lowest BCUT2D eigenvalue weighted by Crippen LogP contribution is -2.31. The van der Waals surface area contributed by atoms with E-state index in [1.54, 1.807) is 0 Å². The van der Waals surface area contributed by atoms with Gasteiger partial charge in [0.25, 0.3) is 0 Å². The van der Waals surface area contributed by atoms with Gasteiger partial charge in [-0.2, -0.15) is 0 Å². The molecule has 0 heterocycles. The van der Waals surface area contributed by atoms with Gasteiger partial charge in [-0.05, 0) is 31.1 Å². The van der Waals surface area contributed by atoms with Crippen LogP contribution >= 0.6 is 0 Å². The van der Waals surface area contributed by atoms with Crippen LogP contribution in [0.25, 0.3) is 0 Å². The van der Waals surface area contributed by atoms with E-state index in [0.29, 0.717) is 12.5 Å². The third kappa shape index (κ3) is 2.94. The third-order valence-electron chi connectivity index (χ3n) is 3.43. The van der Waals surface area contributed by atoms with Gasteiger partial charge in [0.15, 0.2) is 0 Å². The zero-order valence-electron chi connectivity index (χ0n) is 10.2. The lowest BCUT2D eigenvalue weighted by atomic mass is 9.79. The van der Waals surface area contributed by atoms with Crippen LogP contribution in [0.15, 0.2) is 0 Å². The number of rotatable bonds is 2. The quantitative estimate of drug-likeness (QED) is 0.713. The Kier molecular flexibility index (Phi) is 3.77. The molecular weight excluding hydrogens is 190 g/mol. The molecule has 0 aliphatic heterocycles. The monoisotopic (exact) mass is 213 g/mol. The molecular formula is C12H23NO2. The molecule has 15 heavy (non-hydrogen) atoms. The highest BCUT2D eigenvalue weighted by Gasteiger charge is 2.41. The summed E-state index contributed by atoms with van der Waals surface area (Å²) in [5, 5.41) is 0. The summed E-state index contributed by atoms with van der Waals surface area (Å²) in [5.74, 6) is 0.327. The zero-order valence-corrected chi connectivity index (χ0v) is 10.2. The predicted octanol–water partition coefficient (Wildman–Crippen LogP) is 1.95. The zero-order chi connectivity index (χ0) is 11.6. The Morgan fingerprint density at radius 2 is 2.00 bits per heavy atom. The summed E-state index contributed by atoms with van der Waals surface area (Å²) >= 11 is 0. The van der Waals surface area contributed by atoms with Gasteiger partial charge in [0, 0.05) is 6.04 Å². The summed E-state index contributed by atoms with van der Waals surface area (Å²) in [6.07, 6.45) is 1.82. The molecule has 1 fully saturated rings. The normalized spacial score (nSPS) is 31.7. The second kappa shape index (κ2) is 4.52. The number of carbonyl (C=O) groups is 1. The van der Waals surface area contributed by atoms with Crippen molar-refractivity contribution >= 4 is 5.97 Å². The second-order valence-electron chi connectivity index (χ2n) is 5.56. The van der Waals surface area contributed by atoms with Gasteiger partial charge in [-0.15, -0.1) is 0 Å². The van der Waals surface area contributed by atoms with Crippen molar-refractivity contribution in [3.05, 3.63) is 0 Å². The van der Waals surface area contributed by atoms with E-state index in [1.807, 2.05) is 6.92 Å². The molecule has 1 aliphatic rings. The maximum absolute atomic E-state index is 11.6. The number of hydrogen-bond acceptors (Lipinski definition) is 3. The number of carbonyl (C=O) groups excluding carboxylic acids is 1. The van der Waals surface area contributed by atoms with Crippen molar-refractivity contribution < 1.29 is 9.53 Å². The van der Waals surface area contributed by atoms with Crippen LogP contribution in [-0.4, -0.2) is 18.6 Å². The van der Waals surface area contributed by atoms with E-state index in [2.05, 4.69) is 20.8 Å². The Balaban J connectivity index is 2.60. The van der Waals surface area contributed by atoms with Gasteiger partial charge in [0.2, 0.25) is 0 Å². The van der Waals surface area contributed by atoms with Gasteiger partial charge >= 0.3 is 5.97 Å². The minimum Gasteiger partial charge on any atom is -0.466 e. The van der Waals surface area contributed by atoms with Gasteiger partial charge in [-0.25, -0.2) is 0 Å². The van der Waals surface area contributed by atoms with E-state index in [-0.39, 0.29) is 23.3 Å². The molecule has 0 amide bonds. The molecule has 88 valence electrons. The van der Waals surface area contributed by atoms with Crippen LogP contribution in [0.3, 0.4) is 0 Å². The molecule has 2 N–H and O–H groups in total. The van der Waals surface area contributed by atoms with Crippen molar-refractivity contribution in [2.45, 2.75) is 46.6 Å². The van der Waals surface area contributed by atoms with E-state index in [1.165, 1.54) is 0 Å². The molecule has 1 aliphatic carbocycles. The van der Waals surface area contributed by atoms with E-state index < -0.39 is 0 Å². The molecule has 0 aromatic carbocycles. The molecule has 0 radical (unpaired) electrons. The first kappa shape index (κ1) is 12.5. The number of ether oxygens (including phenoxy) is 1. The van der Waals surface area contributed by atoms with Crippen LogP contribution in [0.4, 0.5) is 0 Å². The fourth-order valence-corrected chi connectivity index (χ4v) is 2.30. The van der Waals surface area contributed by atoms with Crippen LogP contribution < -0.4 is 5.73 Å². The summed E-state index contributed by atoms with van der Waals surface area (Å²) in [5.41, 5.74) is 6.23. The van der Waals surface area contributed by atoms with Crippen molar-refractivity contribution in [3.63, 3.8) is 0 Å². The highest BCUT2D eigenvalue weighted by molar-refractivity contribution is 5.73. The number of hydrogen-bond donors (Lipinski definition) is 1. The SMILES string of the molecule is CCOC(=O)[C@H]1C[C@H](C(C)(C)C)C[C@H]1N. The molecule has 0 bridgehead atoms. The van der Waals surface area contributed by atoms with Crippen molar-refractivity contribution in [2.24, 2.45) is 23.0 Å². The molecule has 3 atom stereocenters. The van der Waals surface area contributed by atoms with Gasteiger partial charge in [-0.1, -0.05) is 20.8 Å². The van der Waals surface area contributed by atoms with E-state index in [9.17, 15) is 4.79 Å². The Labute approximate surface area is 92.4 Å². The molecule has 3 heteroatoms. The standard InChI is InChI=1S/C12H23NO2/c1-5-15-11(14)9-6-8(7-10(9)13)12(2,3)4/h8-10H,5-7,13H2,1-4H3/t8-,9-,10+/m0/s1. The summed E-state index contributed by atoms with van der Waals surface area (Å²) in [4.78, 5) is 11.6. The molecule has 0 unspecified atom stereocenters. The summed E-state index contributed by atoms with van der Waals surface area (Å²) < 4.78 is 5.04. The van der Waals surface area contributed by atoms with Crippen molar-refractivity contribution in [2.75, 3.05) is 6.61 Å². The summed E-state index contributed by atoms with van der Waals surface area (Å²) in [7, 11) is 0. The van der Waals surface area contributed by atoms with Crippen LogP contribution in [0, 0.1) is 17.3 Å². The average Bonchev–Trinajstić information content (AvgIpc) is 2.47. The maximum atomic E-state index is 11.6. The Hall–Kier alpha value is -0.570. The summed E-state index contributed by atoms with van der Waals surface area (Å²) in [6, 6.07) is -0.0201. The molecule has 3 nitrogen and oxygen atoms in total. The van der Waals surface area contributed by atoms with Crippen molar-refractivity contribution in [3.8, 4) is 0 Å². The molecule has 0 saturated heterocycles. The third-order valence-corrected chi connectivity index (χ3v) is 3.43.